The number of rotatable bonds is 10. The van der Waals surface area contributed by atoms with E-state index >= 15 is 0 Å². The summed E-state index contributed by atoms with van der Waals surface area (Å²) in [5.74, 6) is 0.164. The second kappa shape index (κ2) is 18.1. The van der Waals surface area contributed by atoms with Gasteiger partial charge in [0.15, 0.2) is 11.6 Å². The van der Waals surface area contributed by atoms with Crippen LogP contribution in [0.25, 0.3) is 21.5 Å². The molecule has 0 saturated heterocycles. The van der Waals surface area contributed by atoms with Gasteiger partial charge in [-0.05, 0) is 69.8 Å². The van der Waals surface area contributed by atoms with Crippen LogP contribution in [0.1, 0.15) is 72.4 Å². The van der Waals surface area contributed by atoms with E-state index in [1.807, 2.05) is 60.7 Å². The Morgan fingerprint density at radius 2 is 0.814 bits per heavy atom. The van der Waals surface area contributed by atoms with Crippen LogP contribution in [0.4, 0.5) is 22.7 Å². The van der Waals surface area contributed by atoms with E-state index in [0.717, 1.165) is 85.4 Å². The first-order chi connectivity index (χ1) is 34.1. The molecule has 5 heteroatoms. The average molecular weight is 911 g/mol. The minimum atomic E-state index is -0.372. The Balaban J connectivity index is 1.05. The van der Waals surface area contributed by atoms with Crippen molar-refractivity contribution in [3.8, 4) is 0 Å². The van der Waals surface area contributed by atoms with Gasteiger partial charge in [0.25, 0.3) is 0 Å². The Morgan fingerprint density at radius 3 is 1.26 bits per heavy atom. The summed E-state index contributed by atoms with van der Waals surface area (Å²) < 4.78 is 2.40. The Hall–Kier alpha value is -8.15. The lowest BCUT2D eigenvalue weighted by Gasteiger charge is -2.27. The number of hydrogen-bond acceptors (Lipinski definition) is 4. The molecule has 8 aromatic carbocycles. The molecular weight excluding hydrogens is 855 g/mol. The maximum absolute atomic E-state index is 14.5. The SMILES string of the molecule is CC1(C)C(=C/C=C2\CC/C(=C\C=C3N(CC(=O)c4cccc5ccccc45)c4ccccc4C3(C)C)C2=[N+](c2ccccc2)c2ccccc2)N(CC(=O)c2cccc3ccccc23)c2ccccc21. The third kappa shape index (κ3) is 7.82. The quantitative estimate of drug-likeness (QED) is 0.101. The first-order valence-corrected chi connectivity index (χ1v) is 24.5. The number of allylic oxidation sites excluding steroid dienone is 8. The number of carbonyl (C=O) groups excluding carboxylic acids is 2. The van der Waals surface area contributed by atoms with Crippen LogP contribution < -0.4 is 14.4 Å². The highest BCUT2D eigenvalue weighted by molar-refractivity contribution is 6.17. The van der Waals surface area contributed by atoms with Crippen LogP contribution in [0.2, 0.25) is 0 Å². The number of benzene rings is 8. The molecule has 1 aliphatic carbocycles. The zero-order valence-corrected chi connectivity index (χ0v) is 40.3. The van der Waals surface area contributed by atoms with Crippen molar-refractivity contribution in [2.24, 2.45) is 0 Å². The molecule has 1 fully saturated rings. The number of anilines is 2. The number of carbonyl (C=O) groups is 2. The fourth-order valence-corrected chi connectivity index (χ4v) is 11.3. The zero-order valence-electron chi connectivity index (χ0n) is 40.3. The van der Waals surface area contributed by atoms with E-state index in [2.05, 4.69) is 200 Å². The molecule has 70 heavy (non-hydrogen) atoms. The molecule has 342 valence electrons. The number of fused-ring (bicyclic) bond motifs is 4. The zero-order chi connectivity index (χ0) is 48.0. The van der Waals surface area contributed by atoms with Crippen LogP contribution in [0.3, 0.4) is 0 Å². The fourth-order valence-electron chi connectivity index (χ4n) is 11.3. The number of ketones is 2. The van der Waals surface area contributed by atoms with Crippen molar-refractivity contribution in [1.82, 2.24) is 4.58 Å². The van der Waals surface area contributed by atoms with Crippen LogP contribution in [0, 0.1) is 0 Å². The largest absolute Gasteiger partial charge is 0.336 e. The smallest absolute Gasteiger partial charge is 0.218 e. The van der Waals surface area contributed by atoms with E-state index in [0.29, 0.717) is 0 Å². The Labute approximate surface area is 411 Å². The van der Waals surface area contributed by atoms with Crippen molar-refractivity contribution in [2.75, 3.05) is 22.9 Å². The summed E-state index contributed by atoms with van der Waals surface area (Å²) in [4.78, 5) is 33.5. The number of hydrogen-bond donors (Lipinski definition) is 0. The normalized spacial score (nSPS) is 18.1. The van der Waals surface area contributed by atoms with Crippen LogP contribution >= 0.6 is 0 Å². The highest BCUT2D eigenvalue weighted by atomic mass is 16.1. The molecule has 0 bridgehead atoms. The maximum Gasteiger partial charge on any atom is 0.218 e. The predicted octanol–water partition coefficient (Wildman–Crippen LogP) is 15.0. The number of nitrogens with zero attached hydrogens (tertiary/aromatic N) is 3. The molecule has 5 nitrogen and oxygen atoms in total. The molecule has 0 atom stereocenters. The highest BCUT2D eigenvalue weighted by Gasteiger charge is 2.43. The highest BCUT2D eigenvalue weighted by Crippen LogP contribution is 2.49. The molecule has 1 saturated carbocycles. The van der Waals surface area contributed by atoms with Gasteiger partial charge < -0.3 is 9.80 Å². The second-order valence-corrected chi connectivity index (χ2v) is 19.7. The average Bonchev–Trinajstić information content (AvgIpc) is 3.96. The van der Waals surface area contributed by atoms with Gasteiger partial charge in [-0.2, -0.15) is 4.58 Å². The fraction of sp³-hybridized carbons (Fsp3) is 0.154. The summed E-state index contributed by atoms with van der Waals surface area (Å²) in [6.07, 6.45) is 10.8. The molecule has 8 aromatic rings. The molecule has 0 aromatic heterocycles. The third-order valence-electron chi connectivity index (χ3n) is 14.8. The first kappa shape index (κ1) is 44.4. The van der Waals surface area contributed by atoms with Crippen LogP contribution in [0.5, 0.6) is 0 Å². The van der Waals surface area contributed by atoms with Crippen LogP contribution in [-0.2, 0) is 10.8 Å². The summed E-state index contributed by atoms with van der Waals surface area (Å²) in [5.41, 5.74) is 13.1. The molecule has 2 aliphatic heterocycles. The molecule has 0 radical (unpaired) electrons. The van der Waals surface area contributed by atoms with E-state index in [9.17, 15) is 9.59 Å². The summed E-state index contributed by atoms with van der Waals surface area (Å²) >= 11 is 0. The monoisotopic (exact) mass is 910 g/mol. The van der Waals surface area contributed by atoms with Crippen molar-refractivity contribution in [3.63, 3.8) is 0 Å². The minimum Gasteiger partial charge on any atom is -0.336 e. The van der Waals surface area contributed by atoms with E-state index in [1.54, 1.807) is 0 Å². The molecular formula is C65H56N3O2+. The lowest BCUT2D eigenvalue weighted by molar-refractivity contribution is 0.0994. The van der Waals surface area contributed by atoms with Gasteiger partial charge >= 0.3 is 0 Å². The van der Waals surface area contributed by atoms with E-state index in [-0.39, 0.29) is 35.5 Å². The predicted molar refractivity (Wildman–Crippen MR) is 291 cm³/mol. The van der Waals surface area contributed by atoms with Crippen molar-refractivity contribution in [2.45, 2.75) is 51.4 Å². The van der Waals surface area contributed by atoms with Crippen LogP contribution in [0.15, 0.2) is 241 Å². The molecule has 3 aliphatic rings. The van der Waals surface area contributed by atoms with E-state index < -0.39 is 0 Å². The first-order valence-electron chi connectivity index (χ1n) is 24.5. The van der Waals surface area contributed by atoms with Gasteiger partial charge in [-0.1, -0.05) is 198 Å². The number of para-hydroxylation sites is 4. The Morgan fingerprint density at radius 1 is 0.443 bits per heavy atom. The van der Waals surface area contributed by atoms with Gasteiger partial charge in [0.05, 0.1) is 13.1 Å². The topological polar surface area (TPSA) is 43.6 Å². The van der Waals surface area contributed by atoms with Gasteiger partial charge in [-0.15, -0.1) is 0 Å². The van der Waals surface area contributed by atoms with Gasteiger partial charge in [-0.25, -0.2) is 0 Å². The van der Waals surface area contributed by atoms with Gasteiger partial charge in [0.1, 0.15) is 0 Å². The molecule has 0 unspecified atom stereocenters. The lowest BCUT2D eigenvalue weighted by atomic mass is 9.83. The molecule has 11 rings (SSSR count). The standard InChI is InChI=1S/C65H56N3O2/c1-64(2)55-33-15-17-35-57(55)66(43-59(69)53-31-19-23-45-21-11-13-29-51(45)53)61(64)41-39-47-37-38-48(63(47)68(49-25-7-5-8-26-49)50-27-9-6-10-28-50)40-42-62-65(3,4)56-34-16-18-36-58(56)67(62)44-60(70)54-32-20-24-46-22-12-14-30-52(46)54/h5-36,39-42H,37-38,43-44H2,1-4H3/q+1. The summed E-state index contributed by atoms with van der Waals surface area (Å²) in [7, 11) is 0. The summed E-state index contributed by atoms with van der Waals surface area (Å²) in [6.45, 7) is 9.52. The van der Waals surface area contributed by atoms with E-state index in [4.69, 9.17) is 0 Å². The summed E-state index contributed by atoms with van der Waals surface area (Å²) in [6, 6.07) is 66.6. The molecule has 0 spiro atoms. The molecule has 0 amide bonds. The van der Waals surface area contributed by atoms with Crippen molar-refractivity contribution < 1.29 is 9.59 Å². The Bertz CT molecular complexity index is 3290. The van der Waals surface area contributed by atoms with Crippen molar-refractivity contribution in [3.05, 3.63) is 263 Å². The molecule has 2 heterocycles. The van der Waals surface area contributed by atoms with Crippen LogP contribution in [-0.4, -0.2) is 30.4 Å². The maximum atomic E-state index is 14.5. The van der Waals surface area contributed by atoms with Crippen molar-refractivity contribution in [1.29, 1.82) is 0 Å². The van der Waals surface area contributed by atoms with Crippen molar-refractivity contribution >= 4 is 61.6 Å². The lowest BCUT2D eigenvalue weighted by Crippen LogP contribution is -2.31. The second-order valence-electron chi connectivity index (χ2n) is 19.7. The number of Topliss-reactive ketones (excluding diaryl/α,β-unsaturated/α-hetero) is 2. The summed E-state index contributed by atoms with van der Waals surface area (Å²) in [5, 5.41) is 4.06. The van der Waals surface area contributed by atoms with Gasteiger partial charge in [0, 0.05) is 80.1 Å². The Kier molecular flexibility index (Phi) is 11.4. The minimum absolute atomic E-state index is 0.0819. The van der Waals surface area contributed by atoms with Gasteiger partial charge in [-0.3, -0.25) is 9.59 Å². The third-order valence-corrected chi connectivity index (χ3v) is 14.8. The molecule has 0 N–H and O–H groups in total. The van der Waals surface area contributed by atoms with E-state index in [1.165, 1.54) is 22.3 Å². The van der Waals surface area contributed by atoms with Gasteiger partial charge in [0.2, 0.25) is 17.1 Å².